The summed E-state index contributed by atoms with van der Waals surface area (Å²) in [5.41, 5.74) is 1.98. The van der Waals surface area contributed by atoms with Crippen molar-refractivity contribution in [1.82, 2.24) is 5.01 Å². The number of carbonyl (C=O) groups is 2. The van der Waals surface area contributed by atoms with Crippen molar-refractivity contribution in [2.45, 2.75) is 6.42 Å². The van der Waals surface area contributed by atoms with Crippen LogP contribution in [-0.2, 0) is 9.53 Å². The molecule has 1 aliphatic heterocycles. The van der Waals surface area contributed by atoms with Gasteiger partial charge in [0.15, 0.2) is 6.61 Å². The van der Waals surface area contributed by atoms with Gasteiger partial charge in [-0.2, -0.15) is 5.10 Å². The maximum Gasteiger partial charge on any atom is 0.342 e. The SMILES string of the molecule is COc1ccc(Cl)cc1C(=O)OCC(=O)N1CCC(c2ccccc2)=N1. The number of esters is 1. The van der Waals surface area contributed by atoms with E-state index in [4.69, 9.17) is 21.1 Å². The average molecular weight is 373 g/mol. The van der Waals surface area contributed by atoms with Crippen LogP contribution in [0.4, 0.5) is 0 Å². The van der Waals surface area contributed by atoms with Crippen LogP contribution in [0.3, 0.4) is 0 Å². The molecule has 0 unspecified atom stereocenters. The quantitative estimate of drug-likeness (QED) is 0.756. The Kier molecular flexibility index (Phi) is 5.53. The van der Waals surface area contributed by atoms with Gasteiger partial charge in [-0.15, -0.1) is 0 Å². The fourth-order valence-electron chi connectivity index (χ4n) is 2.59. The zero-order valence-corrected chi connectivity index (χ0v) is 14.9. The molecule has 1 amide bonds. The van der Waals surface area contributed by atoms with Crippen molar-refractivity contribution in [2.24, 2.45) is 5.10 Å². The molecule has 26 heavy (non-hydrogen) atoms. The minimum absolute atomic E-state index is 0.169. The summed E-state index contributed by atoms with van der Waals surface area (Å²) in [7, 11) is 1.44. The lowest BCUT2D eigenvalue weighted by Crippen LogP contribution is -2.28. The van der Waals surface area contributed by atoms with E-state index in [0.29, 0.717) is 23.7 Å². The number of amides is 1. The monoisotopic (exact) mass is 372 g/mol. The number of ether oxygens (including phenoxy) is 2. The number of nitrogens with zero attached hydrogens (tertiary/aromatic N) is 2. The summed E-state index contributed by atoms with van der Waals surface area (Å²) < 4.78 is 10.2. The summed E-state index contributed by atoms with van der Waals surface area (Å²) in [5.74, 6) is -0.730. The van der Waals surface area contributed by atoms with Gasteiger partial charge in [0, 0.05) is 11.4 Å². The van der Waals surface area contributed by atoms with Crippen LogP contribution in [0.1, 0.15) is 22.3 Å². The van der Waals surface area contributed by atoms with E-state index < -0.39 is 12.6 Å². The van der Waals surface area contributed by atoms with Crippen molar-refractivity contribution in [1.29, 1.82) is 0 Å². The van der Waals surface area contributed by atoms with Crippen LogP contribution >= 0.6 is 11.6 Å². The smallest absolute Gasteiger partial charge is 0.342 e. The van der Waals surface area contributed by atoms with Crippen LogP contribution in [0, 0.1) is 0 Å². The van der Waals surface area contributed by atoms with E-state index in [9.17, 15) is 9.59 Å². The molecule has 7 heteroatoms. The molecule has 0 aromatic heterocycles. The summed E-state index contributed by atoms with van der Waals surface area (Å²) in [6.45, 7) is 0.0567. The Bertz CT molecular complexity index is 852. The lowest BCUT2D eigenvalue weighted by atomic mass is 10.1. The molecule has 1 aliphatic rings. The number of halogens is 1. The van der Waals surface area contributed by atoms with E-state index in [1.165, 1.54) is 18.2 Å². The van der Waals surface area contributed by atoms with Gasteiger partial charge in [0.2, 0.25) is 0 Å². The normalized spacial score (nSPS) is 13.3. The predicted octanol–water partition coefficient (Wildman–Crippen LogP) is 3.14. The first-order chi connectivity index (χ1) is 12.6. The number of hydrogen-bond acceptors (Lipinski definition) is 5. The molecule has 0 N–H and O–H groups in total. The van der Waals surface area contributed by atoms with Gasteiger partial charge in [-0.1, -0.05) is 41.9 Å². The van der Waals surface area contributed by atoms with Gasteiger partial charge in [0.05, 0.1) is 19.4 Å². The Labute approximate surface area is 156 Å². The first kappa shape index (κ1) is 17.9. The van der Waals surface area contributed by atoms with Crippen LogP contribution in [0.25, 0.3) is 0 Å². The van der Waals surface area contributed by atoms with E-state index in [-0.39, 0.29) is 11.5 Å². The van der Waals surface area contributed by atoms with E-state index in [1.54, 1.807) is 12.1 Å². The number of rotatable bonds is 5. The van der Waals surface area contributed by atoms with Gasteiger partial charge < -0.3 is 9.47 Å². The first-order valence-corrected chi connectivity index (χ1v) is 8.40. The summed E-state index contributed by atoms with van der Waals surface area (Å²) in [5, 5.41) is 6.02. The van der Waals surface area contributed by atoms with Crippen LogP contribution in [0.5, 0.6) is 5.75 Å². The highest BCUT2D eigenvalue weighted by atomic mass is 35.5. The summed E-state index contributed by atoms with van der Waals surface area (Å²) >= 11 is 5.90. The summed E-state index contributed by atoms with van der Waals surface area (Å²) in [4.78, 5) is 24.5. The van der Waals surface area contributed by atoms with Gasteiger partial charge in [0.1, 0.15) is 11.3 Å². The third-order valence-electron chi connectivity index (χ3n) is 3.90. The number of methoxy groups -OCH3 is 1. The van der Waals surface area contributed by atoms with E-state index in [2.05, 4.69) is 5.10 Å². The zero-order chi connectivity index (χ0) is 18.5. The second-order valence-corrected chi connectivity index (χ2v) is 6.04. The fourth-order valence-corrected chi connectivity index (χ4v) is 2.76. The van der Waals surface area contributed by atoms with Crippen molar-refractivity contribution in [2.75, 3.05) is 20.3 Å². The number of benzene rings is 2. The molecule has 2 aromatic carbocycles. The van der Waals surface area contributed by atoms with E-state index in [1.807, 2.05) is 30.3 Å². The third-order valence-corrected chi connectivity index (χ3v) is 4.14. The van der Waals surface area contributed by atoms with Crippen molar-refractivity contribution >= 4 is 29.2 Å². The molecule has 6 nitrogen and oxygen atoms in total. The summed E-state index contributed by atoms with van der Waals surface area (Å²) in [6, 6.07) is 14.3. The van der Waals surface area contributed by atoms with Gasteiger partial charge in [0.25, 0.3) is 5.91 Å². The Morgan fingerprint density at radius 1 is 1.19 bits per heavy atom. The number of hydrazone groups is 1. The fraction of sp³-hybridized carbons (Fsp3) is 0.211. The molecular formula is C19H17ClN2O4. The Balaban J connectivity index is 1.62. The largest absolute Gasteiger partial charge is 0.496 e. The molecule has 134 valence electrons. The van der Waals surface area contributed by atoms with E-state index in [0.717, 1.165) is 11.3 Å². The molecule has 0 aliphatic carbocycles. The summed E-state index contributed by atoms with van der Waals surface area (Å²) in [6.07, 6.45) is 0.659. The van der Waals surface area contributed by atoms with Crippen LogP contribution in [0.2, 0.25) is 5.02 Å². The second kappa shape index (κ2) is 8.01. The Morgan fingerprint density at radius 2 is 1.96 bits per heavy atom. The van der Waals surface area contributed by atoms with Crippen molar-refractivity contribution in [3.63, 3.8) is 0 Å². The van der Waals surface area contributed by atoms with Gasteiger partial charge in [-0.25, -0.2) is 9.80 Å². The average Bonchev–Trinajstić information content (AvgIpc) is 3.17. The molecule has 0 saturated heterocycles. The van der Waals surface area contributed by atoms with Crippen molar-refractivity contribution < 1.29 is 19.1 Å². The topological polar surface area (TPSA) is 68.2 Å². The van der Waals surface area contributed by atoms with Gasteiger partial charge >= 0.3 is 5.97 Å². The zero-order valence-electron chi connectivity index (χ0n) is 14.1. The highest BCUT2D eigenvalue weighted by molar-refractivity contribution is 6.31. The van der Waals surface area contributed by atoms with Crippen LogP contribution in [-0.4, -0.2) is 42.9 Å². The molecule has 2 aromatic rings. The molecule has 0 spiro atoms. The molecule has 0 saturated carbocycles. The molecular weight excluding hydrogens is 356 g/mol. The van der Waals surface area contributed by atoms with Crippen LogP contribution in [0.15, 0.2) is 53.6 Å². The second-order valence-electron chi connectivity index (χ2n) is 5.60. The molecule has 0 atom stereocenters. The first-order valence-electron chi connectivity index (χ1n) is 8.02. The minimum Gasteiger partial charge on any atom is -0.496 e. The lowest BCUT2D eigenvalue weighted by molar-refractivity contribution is -0.134. The van der Waals surface area contributed by atoms with Crippen molar-refractivity contribution in [3.8, 4) is 5.75 Å². The number of hydrogen-bond donors (Lipinski definition) is 0. The maximum absolute atomic E-state index is 12.3. The highest BCUT2D eigenvalue weighted by Gasteiger charge is 2.23. The molecule has 0 bridgehead atoms. The highest BCUT2D eigenvalue weighted by Crippen LogP contribution is 2.23. The lowest BCUT2D eigenvalue weighted by Gasteiger charge is -2.12. The Hall–Kier alpha value is -2.86. The third kappa shape index (κ3) is 4.03. The Morgan fingerprint density at radius 3 is 2.69 bits per heavy atom. The predicted molar refractivity (Wildman–Crippen MR) is 97.6 cm³/mol. The number of carbonyl (C=O) groups excluding carboxylic acids is 2. The van der Waals surface area contributed by atoms with Crippen molar-refractivity contribution in [3.05, 3.63) is 64.7 Å². The molecule has 0 radical (unpaired) electrons. The molecule has 1 heterocycles. The molecule has 3 rings (SSSR count). The van der Waals surface area contributed by atoms with Gasteiger partial charge in [-0.3, -0.25) is 4.79 Å². The standard InChI is InChI=1S/C19H17ClN2O4/c1-25-17-8-7-14(20)11-15(17)19(24)26-12-18(23)22-10-9-16(21-22)13-5-3-2-4-6-13/h2-8,11H,9-10,12H2,1H3. The minimum atomic E-state index is -0.677. The van der Waals surface area contributed by atoms with Gasteiger partial charge in [-0.05, 0) is 23.8 Å². The maximum atomic E-state index is 12.3. The van der Waals surface area contributed by atoms with Crippen LogP contribution < -0.4 is 4.74 Å². The van der Waals surface area contributed by atoms with E-state index >= 15 is 0 Å². The molecule has 0 fully saturated rings.